The molecule has 0 radical (unpaired) electrons. The van der Waals surface area contributed by atoms with E-state index in [0.717, 1.165) is 0 Å². The van der Waals surface area contributed by atoms with Gasteiger partial charge in [0.05, 0.1) is 11.4 Å². The quantitative estimate of drug-likeness (QED) is 0.854. The van der Waals surface area contributed by atoms with Crippen LogP contribution in [0, 0.1) is 0 Å². The molecule has 1 aromatic carbocycles. The fourth-order valence-corrected chi connectivity index (χ4v) is 2.65. The van der Waals surface area contributed by atoms with Crippen LogP contribution in [0.3, 0.4) is 0 Å². The molecule has 1 rings (SSSR count). The van der Waals surface area contributed by atoms with Crippen LogP contribution in [0.15, 0.2) is 23.1 Å². The molecule has 0 saturated heterocycles. The first-order chi connectivity index (χ1) is 7.31. The van der Waals surface area contributed by atoms with Crippen molar-refractivity contribution in [3.8, 4) is 0 Å². The lowest BCUT2D eigenvalue weighted by Crippen LogP contribution is -2.33. The highest BCUT2D eigenvalue weighted by Gasteiger charge is 2.15. The fraction of sp³-hybridized carbons (Fsp3) is 0.125. The molecule has 88 valence electrons. The number of sulfonamides is 1. The van der Waals surface area contributed by atoms with Gasteiger partial charge in [0.1, 0.15) is 0 Å². The van der Waals surface area contributed by atoms with Crippen LogP contribution in [0.25, 0.3) is 0 Å². The molecule has 0 saturated carbocycles. The summed E-state index contributed by atoms with van der Waals surface area (Å²) < 4.78 is 25.2. The molecule has 1 aromatic rings. The van der Waals surface area contributed by atoms with Crippen molar-refractivity contribution in [3.63, 3.8) is 0 Å². The van der Waals surface area contributed by atoms with Crippen LogP contribution >= 0.6 is 23.2 Å². The van der Waals surface area contributed by atoms with E-state index in [9.17, 15) is 13.2 Å². The van der Waals surface area contributed by atoms with Crippen LogP contribution in [0.1, 0.15) is 0 Å². The number of carbonyl (C=O) groups excluding carboxylic acids is 1. The van der Waals surface area contributed by atoms with Crippen molar-refractivity contribution < 1.29 is 13.2 Å². The van der Waals surface area contributed by atoms with Crippen LogP contribution in [0.2, 0.25) is 10.0 Å². The van der Waals surface area contributed by atoms with Crippen molar-refractivity contribution in [2.24, 2.45) is 5.73 Å². The van der Waals surface area contributed by atoms with E-state index in [1.807, 2.05) is 4.72 Å². The first-order valence-electron chi connectivity index (χ1n) is 4.05. The Hall–Kier alpha value is -0.820. The van der Waals surface area contributed by atoms with Gasteiger partial charge in [0.25, 0.3) is 0 Å². The van der Waals surface area contributed by atoms with E-state index >= 15 is 0 Å². The van der Waals surface area contributed by atoms with Gasteiger partial charge in [-0.3, -0.25) is 4.79 Å². The van der Waals surface area contributed by atoms with Gasteiger partial charge in [-0.2, -0.15) is 0 Å². The summed E-state index contributed by atoms with van der Waals surface area (Å²) >= 11 is 11.3. The highest BCUT2D eigenvalue weighted by Crippen LogP contribution is 2.21. The third kappa shape index (κ3) is 3.64. The molecule has 8 heteroatoms. The summed E-state index contributed by atoms with van der Waals surface area (Å²) in [5.41, 5.74) is 4.82. The van der Waals surface area contributed by atoms with Crippen molar-refractivity contribution >= 4 is 39.1 Å². The molecule has 0 atom stereocenters. The van der Waals surface area contributed by atoms with Gasteiger partial charge < -0.3 is 5.73 Å². The van der Waals surface area contributed by atoms with Gasteiger partial charge in [0.15, 0.2) is 0 Å². The zero-order valence-corrected chi connectivity index (χ0v) is 10.2. The number of halogens is 2. The molecule has 5 nitrogen and oxygen atoms in total. The predicted molar refractivity (Wildman–Crippen MR) is 60.8 cm³/mol. The third-order valence-electron chi connectivity index (χ3n) is 1.58. The lowest BCUT2D eigenvalue weighted by Gasteiger charge is -2.05. The molecule has 0 fully saturated rings. The van der Waals surface area contributed by atoms with Gasteiger partial charge in [-0.25, -0.2) is 13.1 Å². The van der Waals surface area contributed by atoms with Crippen molar-refractivity contribution in [1.82, 2.24) is 4.72 Å². The average molecular weight is 283 g/mol. The van der Waals surface area contributed by atoms with Crippen LogP contribution < -0.4 is 10.5 Å². The standard InChI is InChI=1S/C8H8Cl2N2O3S/c9-5-1-6(10)3-7(2-5)16(14,15)12-4-8(11)13/h1-3,12H,4H2,(H2,11,13). The molecule has 1 amide bonds. The Bertz CT molecular complexity index is 496. The first-order valence-corrected chi connectivity index (χ1v) is 6.29. The number of rotatable bonds is 4. The molecule has 16 heavy (non-hydrogen) atoms. The SMILES string of the molecule is NC(=O)CNS(=O)(=O)c1cc(Cl)cc(Cl)c1. The summed E-state index contributed by atoms with van der Waals surface area (Å²) in [6.07, 6.45) is 0. The summed E-state index contributed by atoms with van der Waals surface area (Å²) in [6, 6.07) is 3.84. The smallest absolute Gasteiger partial charge is 0.241 e. The number of nitrogens with two attached hydrogens (primary N) is 1. The minimum Gasteiger partial charge on any atom is -0.369 e. The van der Waals surface area contributed by atoms with Crippen LogP contribution in [0.5, 0.6) is 0 Å². The Morgan fingerprint density at radius 1 is 1.25 bits per heavy atom. The number of hydrogen-bond acceptors (Lipinski definition) is 3. The second-order valence-corrected chi connectivity index (χ2v) is 5.54. The summed E-state index contributed by atoms with van der Waals surface area (Å²) in [5.74, 6) is -0.781. The minimum atomic E-state index is -3.82. The molecular formula is C8H8Cl2N2O3S. The van der Waals surface area contributed by atoms with Gasteiger partial charge in [-0.05, 0) is 18.2 Å². The zero-order valence-electron chi connectivity index (χ0n) is 7.91. The molecule has 0 unspecified atom stereocenters. The second kappa shape index (κ2) is 5.01. The topological polar surface area (TPSA) is 89.3 Å². The van der Waals surface area contributed by atoms with Gasteiger partial charge in [-0.1, -0.05) is 23.2 Å². The molecule has 0 bridgehead atoms. The zero-order chi connectivity index (χ0) is 12.3. The van der Waals surface area contributed by atoms with Gasteiger partial charge in [0.2, 0.25) is 15.9 Å². The van der Waals surface area contributed by atoms with Crippen LogP contribution in [-0.4, -0.2) is 20.9 Å². The highest BCUT2D eigenvalue weighted by molar-refractivity contribution is 7.89. The van der Waals surface area contributed by atoms with Crippen molar-refractivity contribution in [3.05, 3.63) is 28.2 Å². The normalized spacial score (nSPS) is 11.4. The first kappa shape index (κ1) is 13.2. The molecule has 0 aliphatic carbocycles. The average Bonchev–Trinajstić information content (AvgIpc) is 2.13. The third-order valence-corrected chi connectivity index (χ3v) is 3.40. The van der Waals surface area contributed by atoms with Crippen molar-refractivity contribution in [2.75, 3.05) is 6.54 Å². The molecule has 0 aliphatic heterocycles. The fourth-order valence-electron chi connectivity index (χ4n) is 0.933. The Balaban J connectivity index is 3.02. The Morgan fingerprint density at radius 2 is 1.75 bits per heavy atom. The molecule has 0 aliphatic rings. The minimum absolute atomic E-state index is 0.119. The van der Waals surface area contributed by atoms with Crippen molar-refractivity contribution in [1.29, 1.82) is 0 Å². The van der Waals surface area contributed by atoms with E-state index in [2.05, 4.69) is 0 Å². The van der Waals surface area contributed by atoms with Gasteiger partial charge in [-0.15, -0.1) is 0 Å². The predicted octanol–water partition coefficient (Wildman–Crippen LogP) is 0.757. The molecule has 0 spiro atoms. The van der Waals surface area contributed by atoms with E-state index in [1.165, 1.54) is 18.2 Å². The number of benzene rings is 1. The monoisotopic (exact) mass is 282 g/mol. The Morgan fingerprint density at radius 3 is 2.19 bits per heavy atom. The van der Waals surface area contributed by atoms with Crippen LogP contribution in [0.4, 0.5) is 0 Å². The van der Waals surface area contributed by atoms with E-state index < -0.39 is 22.5 Å². The number of carbonyl (C=O) groups is 1. The number of primary amides is 1. The summed E-state index contributed by atoms with van der Waals surface area (Å²) in [7, 11) is -3.82. The van der Waals surface area contributed by atoms with Crippen LogP contribution in [-0.2, 0) is 14.8 Å². The van der Waals surface area contributed by atoms with E-state index in [-0.39, 0.29) is 14.9 Å². The Labute approximate surface area is 103 Å². The maximum absolute atomic E-state index is 11.6. The van der Waals surface area contributed by atoms with E-state index in [1.54, 1.807) is 0 Å². The van der Waals surface area contributed by atoms with Crippen molar-refractivity contribution in [2.45, 2.75) is 4.90 Å². The van der Waals surface area contributed by atoms with Gasteiger partial charge >= 0.3 is 0 Å². The molecule has 0 aromatic heterocycles. The highest BCUT2D eigenvalue weighted by atomic mass is 35.5. The Kier molecular flexibility index (Phi) is 4.15. The maximum Gasteiger partial charge on any atom is 0.241 e. The summed E-state index contributed by atoms with van der Waals surface area (Å²) in [6.45, 7) is -0.480. The summed E-state index contributed by atoms with van der Waals surface area (Å²) in [5, 5.41) is 0.374. The molecular weight excluding hydrogens is 275 g/mol. The second-order valence-electron chi connectivity index (χ2n) is 2.90. The molecule has 0 heterocycles. The lowest BCUT2D eigenvalue weighted by molar-refractivity contribution is -0.116. The number of amides is 1. The van der Waals surface area contributed by atoms with Gasteiger partial charge in [0, 0.05) is 10.0 Å². The molecule has 3 N–H and O–H groups in total. The van der Waals surface area contributed by atoms with E-state index in [0.29, 0.717) is 0 Å². The number of hydrogen-bond donors (Lipinski definition) is 2. The van der Waals surface area contributed by atoms with E-state index in [4.69, 9.17) is 28.9 Å². The number of nitrogens with one attached hydrogen (secondary N) is 1. The lowest BCUT2D eigenvalue weighted by atomic mass is 10.4. The summed E-state index contributed by atoms with van der Waals surface area (Å²) in [4.78, 5) is 10.3. The largest absolute Gasteiger partial charge is 0.369 e. The maximum atomic E-state index is 11.6.